The summed E-state index contributed by atoms with van der Waals surface area (Å²) in [5.41, 5.74) is 0. The van der Waals surface area contributed by atoms with Gasteiger partial charge < -0.3 is 20.3 Å². The quantitative estimate of drug-likeness (QED) is 0.706. The van der Waals surface area contributed by atoms with E-state index >= 15 is 0 Å². The summed E-state index contributed by atoms with van der Waals surface area (Å²) < 4.78 is 18.5. The van der Waals surface area contributed by atoms with E-state index < -0.39 is 11.9 Å². The fourth-order valence-electron chi connectivity index (χ4n) is 2.50. The number of hydrogen-bond donors (Lipinski definition) is 3. The van der Waals surface area contributed by atoms with Crippen molar-refractivity contribution in [3.63, 3.8) is 0 Å². The van der Waals surface area contributed by atoms with Crippen LogP contribution in [0.4, 0.5) is 4.39 Å². The van der Waals surface area contributed by atoms with Crippen molar-refractivity contribution in [2.45, 2.75) is 31.5 Å². The maximum Gasteiger partial charge on any atom is 0.165 e. The molecule has 1 aromatic carbocycles. The van der Waals surface area contributed by atoms with E-state index in [1.807, 2.05) is 0 Å². The van der Waals surface area contributed by atoms with Crippen LogP contribution in [0.3, 0.4) is 0 Å². The molecule has 1 aliphatic rings. The Balaban J connectivity index is 1.63. The number of hydrogen-bond acceptors (Lipinski definition) is 4. The molecule has 0 saturated heterocycles. The minimum Gasteiger partial charge on any atom is -0.488 e. The topological polar surface area (TPSA) is 61.7 Å². The molecule has 0 amide bonds. The maximum absolute atomic E-state index is 13.3. The summed E-state index contributed by atoms with van der Waals surface area (Å²) in [6, 6.07) is 6.13. The Labute approximate surface area is 118 Å². The van der Waals surface area contributed by atoms with E-state index in [0.29, 0.717) is 13.1 Å². The molecule has 20 heavy (non-hydrogen) atoms. The summed E-state index contributed by atoms with van der Waals surface area (Å²) in [6.45, 7) is 1.11. The second-order valence-corrected chi connectivity index (χ2v) is 5.31. The molecule has 0 aromatic heterocycles. The lowest BCUT2D eigenvalue weighted by molar-refractivity contribution is 0.0964. The van der Waals surface area contributed by atoms with Crippen LogP contribution in [0.2, 0.25) is 0 Å². The summed E-state index contributed by atoms with van der Waals surface area (Å²) >= 11 is 0. The summed E-state index contributed by atoms with van der Waals surface area (Å²) in [5, 5.41) is 22.6. The van der Waals surface area contributed by atoms with Crippen molar-refractivity contribution in [2.75, 3.05) is 19.7 Å². The van der Waals surface area contributed by atoms with Gasteiger partial charge in [0, 0.05) is 13.1 Å². The molecule has 1 aromatic rings. The zero-order valence-electron chi connectivity index (χ0n) is 11.5. The minimum atomic E-state index is -0.701. The van der Waals surface area contributed by atoms with Crippen molar-refractivity contribution in [1.29, 1.82) is 0 Å². The Morgan fingerprint density at radius 1 is 1.35 bits per heavy atom. The van der Waals surface area contributed by atoms with Gasteiger partial charge in [-0.1, -0.05) is 18.6 Å². The first kappa shape index (κ1) is 15.2. The number of benzene rings is 1. The highest BCUT2D eigenvalue weighted by Crippen LogP contribution is 2.24. The van der Waals surface area contributed by atoms with E-state index in [0.717, 1.165) is 19.3 Å². The molecule has 112 valence electrons. The highest BCUT2D eigenvalue weighted by molar-refractivity contribution is 5.23. The smallest absolute Gasteiger partial charge is 0.165 e. The molecule has 0 radical (unpaired) electrons. The first-order chi connectivity index (χ1) is 9.66. The summed E-state index contributed by atoms with van der Waals surface area (Å²) in [7, 11) is 0. The Morgan fingerprint density at radius 3 is 2.85 bits per heavy atom. The average molecular weight is 283 g/mol. The number of halogens is 1. The predicted octanol–water partition coefficient (Wildman–Crippen LogP) is 1.32. The minimum absolute atomic E-state index is 0.0428. The van der Waals surface area contributed by atoms with Crippen LogP contribution in [0.1, 0.15) is 19.3 Å². The van der Waals surface area contributed by atoms with Gasteiger partial charge >= 0.3 is 0 Å². The molecule has 0 bridgehead atoms. The van der Waals surface area contributed by atoms with Crippen LogP contribution in [0.25, 0.3) is 0 Å². The Morgan fingerprint density at radius 2 is 2.15 bits per heavy atom. The molecule has 3 N–H and O–H groups in total. The highest BCUT2D eigenvalue weighted by atomic mass is 19.1. The van der Waals surface area contributed by atoms with Gasteiger partial charge in [-0.15, -0.1) is 0 Å². The van der Waals surface area contributed by atoms with Crippen molar-refractivity contribution >= 4 is 0 Å². The van der Waals surface area contributed by atoms with Crippen molar-refractivity contribution in [2.24, 2.45) is 5.92 Å². The summed E-state index contributed by atoms with van der Waals surface area (Å²) in [5.74, 6) is -0.00538. The molecule has 5 heteroatoms. The van der Waals surface area contributed by atoms with Crippen molar-refractivity contribution in [3.05, 3.63) is 30.1 Å². The molecular formula is C15H22FNO3. The van der Waals surface area contributed by atoms with E-state index in [2.05, 4.69) is 5.32 Å². The third-order valence-corrected chi connectivity index (χ3v) is 3.67. The lowest BCUT2D eigenvalue weighted by Crippen LogP contribution is -2.36. The summed E-state index contributed by atoms with van der Waals surface area (Å²) in [4.78, 5) is 0. The van der Waals surface area contributed by atoms with Crippen LogP contribution in [-0.4, -0.2) is 42.1 Å². The van der Waals surface area contributed by atoms with Gasteiger partial charge in [-0.25, -0.2) is 4.39 Å². The van der Waals surface area contributed by atoms with Gasteiger partial charge in [0.25, 0.3) is 0 Å². The van der Waals surface area contributed by atoms with Crippen LogP contribution in [0.15, 0.2) is 24.3 Å². The molecule has 4 nitrogen and oxygen atoms in total. The molecule has 2 rings (SSSR count). The Hall–Kier alpha value is -1.17. The van der Waals surface area contributed by atoms with Gasteiger partial charge in [0.15, 0.2) is 11.6 Å². The lowest BCUT2D eigenvalue weighted by atomic mass is 10.1. The number of rotatable bonds is 7. The first-order valence-corrected chi connectivity index (χ1v) is 7.11. The SMILES string of the molecule is OC(CNCC1CCCC1O)COc1ccccc1F. The van der Waals surface area contributed by atoms with Gasteiger partial charge in [-0.3, -0.25) is 0 Å². The van der Waals surface area contributed by atoms with Crippen LogP contribution < -0.4 is 10.1 Å². The van der Waals surface area contributed by atoms with E-state index in [4.69, 9.17) is 4.74 Å². The maximum atomic E-state index is 13.3. The molecule has 0 spiro atoms. The standard InChI is InChI=1S/C15H22FNO3/c16-13-5-1-2-7-15(13)20-10-12(18)9-17-8-11-4-3-6-14(11)19/h1-2,5,7,11-12,14,17-19H,3-4,6,8-10H2. The van der Waals surface area contributed by atoms with Gasteiger partial charge in [-0.2, -0.15) is 0 Å². The number of aliphatic hydroxyl groups excluding tert-OH is 2. The van der Waals surface area contributed by atoms with E-state index in [-0.39, 0.29) is 24.4 Å². The molecule has 0 aliphatic heterocycles. The molecule has 1 aliphatic carbocycles. The van der Waals surface area contributed by atoms with Crippen LogP contribution >= 0.6 is 0 Å². The zero-order valence-corrected chi connectivity index (χ0v) is 11.5. The number of nitrogens with one attached hydrogen (secondary N) is 1. The van der Waals surface area contributed by atoms with Gasteiger partial charge in [-0.05, 0) is 30.9 Å². The fourth-order valence-corrected chi connectivity index (χ4v) is 2.50. The largest absolute Gasteiger partial charge is 0.488 e. The van der Waals surface area contributed by atoms with E-state index in [1.54, 1.807) is 12.1 Å². The van der Waals surface area contributed by atoms with E-state index in [9.17, 15) is 14.6 Å². The summed E-state index contributed by atoms with van der Waals surface area (Å²) in [6.07, 6.45) is 2.02. The molecule has 1 saturated carbocycles. The Bertz CT molecular complexity index is 416. The number of aliphatic hydroxyl groups is 2. The number of ether oxygens (including phenoxy) is 1. The third-order valence-electron chi connectivity index (χ3n) is 3.67. The van der Waals surface area contributed by atoms with Crippen LogP contribution in [-0.2, 0) is 0 Å². The monoisotopic (exact) mass is 283 g/mol. The van der Waals surface area contributed by atoms with Crippen molar-refractivity contribution < 1.29 is 19.3 Å². The normalized spacial score (nSPS) is 23.8. The second-order valence-electron chi connectivity index (χ2n) is 5.31. The molecule has 3 unspecified atom stereocenters. The Kier molecular flexibility index (Phi) is 5.76. The predicted molar refractivity (Wildman–Crippen MR) is 74.1 cm³/mol. The van der Waals surface area contributed by atoms with Crippen molar-refractivity contribution in [3.8, 4) is 5.75 Å². The fraction of sp³-hybridized carbons (Fsp3) is 0.600. The first-order valence-electron chi connectivity index (χ1n) is 7.11. The molecule has 3 atom stereocenters. The van der Waals surface area contributed by atoms with E-state index in [1.165, 1.54) is 12.1 Å². The van der Waals surface area contributed by atoms with Gasteiger partial charge in [0.05, 0.1) is 6.10 Å². The third kappa shape index (κ3) is 4.44. The van der Waals surface area contributed by atoms with Crippen molar-refractivity contribution in [1.82, 2.24) is 5.32 Å². The van der Waals surface area contributed by atoms with Gasteiger partial charge in [0.2, 0.25) is 0 Å². The van der Waals surface area contributed by atoms with Crippen LogP contribution in [0, 0.1) is 11.7 Å². The molecule has 0 heterocycles. The average Bonchev–Trinajstić information content (AvgIpc) is 2.84. The second kappa shape index (κ2) is 7.57. The number of para-hydroxylation sites is 1. The van der Waals surface area contributed by atoms with Gasteiger partial charge in [0.1, 0.15) is 12.7 Å². The highest BCUT2D eigenvalue weighted by Gasteiger charge is 2.24. The molecular weight excluding hydrogens is 261 g/mol. The molecule has 1 fully saturated rings. The lowest BCUT2D eigenvalue weighted by Gasteiger charge is -2.17. The van der Waals surface area contributed by atoms with Crippen LogP contribution in [0.5, 0.6) is 5.75 Å². The zero-order chi connectivity index (χ0) is 14.4.